The third-order valence-corrected chi connectivity index (χ3v) is 6.75. The van der Waals surface area contributed by atoms with Gasteiger partial charge in [-0.3, -0.25) is 9.36 Å². The molecule has 0 bridgehead atoms. The summed E-state index contributed by atoms with van der Waals surface area (Å²) in [4.78, 5) is 15.0. The van der Waals surface area contributed by atoms with Crippen LogP contribution < -0.4 is 10.2 Å². The highest BCUT2D eigenvalue weighted by Crippen LogP contribution is 2.26. The number of aryl methyl sites for hydroxylation is 1. The van der Waals surface area contributed by atoms with Crippen molar-refractivity contribution in [2.75, 3.05) is 42.3 Å². The first-order valence-electron chi connectivity index (χ1n) is 11.5. The van der Waals surface area contributed by atoms with Crippen LogP contribution in [-0.4, -0.2) is 52.7 Å². The van der Waals surface area contributed by atoms with Crippen molar-refractivity contribution in [3.05, 3.63) is 78.3 Å². The van der Waals surface area contributed by atoms with E-state index >= 15 is 0 Å². The maximum Gasteiger partial charge on any atom is 0.234 e. The fourth-order valence-electron chi connectivity index (χ4n) is 3.92. The van der Waals surface area contributed by atoms with Gasteiger partial charge in [-0.2, -0.15) is 0 Å². The van der Waals surface area contributed by atoms with Crippen molar-refractivity contribution in [2.24, 2.45) is 0 Å². The molecule has 9 heteroatoms. The number of rotatable bonds is 8. The van der Waals surface area contributed by atoms with Gasteiger partial charge in [0, 0.05) is 30.0 Å². The molecule has 1 aliphatic rings. The van der Waals surface area contributed by atoms with E-state index in [1.54, 1.807) is 6.26 Å². The Morgan fingerprint density at radius 3 is 2.51 bits per heavy atom. The molecule has 4 aromatic rings. The highest BCUT2D eigenvalue weighted by Gasteiger charge is 2.17. The number of nitrogens with zero attached hydrogens (tertiary/aromatic N) is 4. The molecule has 0 spiro atoms. The molecular formula is C26H27N5O3S. The molecule has 5 rings (SSSR count). The minimum absolute atomic E-state index is 0.0986. The van der Waals surface area contributed by atoms with E-state index < -0.39 is 0 Å². The van der Waals surface area contributed by atoms with Gasteiger partial charge in [-0.15, -0.1) is 10.2 Å². The molecule has 2 aromatic heterocycles. The quantitative estimate of drug-likeness (QED) is 0.366. The SMILES string of the molecule is Cc1ccc(-c2nnc(SCC(=O)Nc3ccc(N4CCOCC4)cc3)n2Cc2ccco2)cc1. The number of carbonyl (C=O) groups is 1. The number of anilines is 2. The predicted octanol–water partition coefficient (Wildman–Crippen LogP) is 4.46. The third-order valence-electron chi connectivity index (χ3n) is 5.78. The normalized spacial score (nSPS) is 13.7. The zero-order valence-corrected chi connectivity index (χ0v) is 20.3. The van der Waals surface area contributed by atoms with Crippen molar-refractivity contribution in [3.63, 3.8) is 0 Å². The number of ether oxygens (including phenoxy) is 1. The zero-order valence-electron chi connectivity index (χ0n) is 19.5. The second-order valence-electron chi connectivity index (χ2n) is 8.32. The lowest BCUT2D eigenvalue weighted by Crippen LogP contribution is -2.36. The standard InChI is InChI=1S/C26H27N5O3S/c1-19-4-6-20(7-5-19)25-28-29-26(31(25)17-23-3-2-14-34-23)35-18-24(32)27-21-8-10-22(11-9-21)30-12-15-33-16-13-30/h2-11,14H,12-13,15-18H2,1H3,(H,27,32). The van der Waals surface area contributed by atoms with E-state index in [0.717, 1.165) is 54.8 Å². The Morgan fingerprint density at radius 2 is 1.80 bits per heavy atom. The first kappa shape index (κ1) is 23.2. The fraction of sp³-hybridized carbons (Fsp3) is 0.269. The molecule has 0 atom stereocenters. The summed E-state index contributed by atoms with van der Waals surface area (Å²) < 4.78 is 13.0. The summed E-state index contributed by atoms with van der Waals surface area (Å²) in [5, 5.41) is 12.4. The van der Waals surface area contributed by atoms with Gasteiger partial charge in [-0.1, -0.05) is 41.6 Å². The number of morpholine rings is 1. The van der Waals surface area contributed by atoms with E-state index in [-0.39, 0.29) is 11.7 Å². The molecule has 1 amide bonds. The van der Waals surface area contributed by atoms with Crippen molar-refractivity contribution in [1.82, 2.24) is 14.8 Å². The van der Waals surface area contributed by atoms with Crippen LogP contribution in [-0.2, 0) is 16.1 Å². The Bertz CT molecular complexity index is 1250. The Labute approximate surface area is 208 Å². The van der Waals surface area contributed by atoms with Crippen molar-refractivity contribution in [1.29, 1.82) is 0 Å². The van der Waals surface area contributed by atoms with Crippen LogP contribution in [0.2, 0.25) is 0 Å². The van der Waals surface area contributed by atoms with Crippen LogP contribution >= 0.6 is 11.8 Å². The van der Waals surface area contributed by atoms with Crippen LogP contribution in [0.25, 0.3) is 11.4 Å². The van der Waals surface area contributed by atoms with E-state index in [9.17, 15) is 4.79 Å². The average Bonchev–Trinajstić information content (AvgIpc) is 3.55. The van der Waals surface area contributed by atoms with Crippen molar-refractivity contribution in [2.45, 2.75) is 18.6 Å². The highest BCUT2D eigenvalue weighted by atomic mass is 32.2. The number of thioether (sulfide) groups is 1. The average molecular weight is 490 g/mol. The monoisotopic (exact) mass is 489 g/mol. The van der Waals surface area contributed by atoms with Crippen LogP contribution in [0.3, 0.4) is 0 Å². The Hall–Kier alpha value is -3.56. The smallest absolute Gasteiger partial charge is 0.234 e. The van der Waals surface area contributed by atoms with Crippen molar-refractivity contribution < 1.29 is 13.9 Å². The van der Waals surface area contributed by atoms with Gasteiger partial charge in [0.1, 0.15) is 5.76 Å². The summed E-state index contributed by atoms with van der Waals surface area (Å²) in [7, 11) is 0. The van der Waals surface area contributed by atoms with Crippen LogP contribution in [0.15, 0.2) is 76.5 Å². The Morgan fingerprint density at radius 1 is 1.03 bits per heavy atom. The van der Waals surface area contributed by atoms with Crippen molar-refractivity contribution >= 4 is 29.0 Å². The molecule has 1 N–H and O–H groups in total. The number of hydrogen-bond donors (Lipinski definition) is 1. The Balaban J connectivity index is 1.25. The number of aromatic nitrogens is 3. The van der Waals surface area contributed by atoms with Crippen LogP contribution in [0.5, 0.6) is 0 Å². The van der Waals surface area contributed by atoms with Gasteiger partial charge in [0.2, 0.25) is 5.91 Å². The fourth-order valence-corrected chi connectivity index (χ4v) is 4.65. The van der Waals surface area contributed by atoms with Gasteiger partial charge >= 0.3 is 0 Å². The summed E-state index contributed by atoms with van der Waals surface area (Å²) >= 11 is 1.35. The zero-order chi connectivity index (χ0) is 24.0. The van der Waals surface area contributed by atoms with Crippen molar-refractivity contribution in [3.8, 4) is 11.4 Å². The number of furan rings is 1. The summed E-state index contributed by atoms with van der Waals surface area (Å²) in [6.07, 6.45) is 1.65. The lowest BCUT2D eigenvalue weighted by atomic mass is 10.1. The lowest BCUT2D eigenvalue weighted by Gasteiger charge is -2.28. The molecule has 1 fully saturated rings. The summed E-state index contributed by atoms with van der Waals surface area (Å²) in [6, 6.07) is 19.8. The number of carbonyl (C=O) groups excluding carboxylic acids is 1. The largest absolute Gasteiger partial charge is 0.467 e. The van der Waals surface area contributed by atoms with Gasteiger partial charge in [0.25, 0.3) is 0 Å². The van der Waals surface area contributed by atoms with Crippen LogP contribution in [0, 0.1) is 6.92 Å². The second-order valence-corrected chi connectivity index (χ2v) is 9.26. The molecule has 0 unspecified atom stereocenters. The molecule has 180 valence electrons. The topological polar surface area (TPSA) is 85.4 Å². The second kappa shape index (κ2) is 10.8. The Kier molecular flexibility index (Phi) is 7.15. The molecule has 3 heterocycles. The minimum Gasteiger partial charge on any atom is -0.467 e. The van der Waals surface area contributed by atoms with E-state index in [1.807, 2.05) is 72.2 Å². The van der Waals surface area contributed by atoms with Crippen LogP contribution in [0.1, 0.15) is 11.3 Å². The summed E-state index contributed by atoms with van der Waals surface area (Å²) in [5.41, 5.74) is 4.04. The van der Waals surface area contributed by atoms with E-state index in [2.05, 4.69) is 20.4 Å². The number of amides is 1. The molecule has 2 aromatic carbocycles. The molecule has 1 saturated heterocycles. The summed E-state index contributed by atoms with van der Waals surface area (Å²) in [6.45, 7) is 5.78. The molecule has 0 radical (unpaired) electrons. The lowest BCUT2D eigenvalue weighted by molar-refractivity contribution is -0.113. The van der Waals surface area contributed by atoms with Gasteiger partial charge in [-0.25, -0.2) is 0 Å². The first-order valence-corrected chi connectivity index (χ1v) is 12.5. The van der Waals surface area contributed by atoms with Gasteiger partial charge in [-0.05, 0) is 43.3 Å². The number of benzene rings is 2. The van der Waals surface area contributed by atoms with Gasteiger partial charge < -0.3 is 19.4 Å². The maximum absolute atomic E-state index is 12.7. The molecule has 0 saturated carbocycles. The summed E-state index contributed by atoms with van der Waals surface area (Å²) in [5.74, 6) is 1.65. The molecule has 8 nitrogen and oxygen atoms in total. The molecule has 1 aliphatic heterocycles. The first-order chi connectivity index (χ1) is 17.2. The maximum atomic E-state index is 12.7. The van der Waals surface area contributed by atoms with E-state index in [0.29, 0.717) is 11.7 Å². The van der Waals surface area contributed by atoms with E-state index in [1.165, 1.54) is 17.3 Å². The highest BCUT2D eigenvalue weighted by molar-refractivity contribution is 7.99. The van der Waals surface area contributed by atoms with Crippen LogP contribution in [0.4, 0.5) is 11.4 Å². The van der Waals surface area contributed by atoms with Gasteiger partial charge in [0.05, 0.1) is 31.8 Å². The molecule has 0 aliphatic carbocycles. The molecule has 35 heavy (non-hydrogen) atoms. The third kappa shape index (κ3) is 5.75. The predicted molar refractivity (Wildman–Crippen MR) is 137 cm³/mol. The minimum atomic E-state index is -0.0986. The number of hydrogen-bond acceptors (Lipinski definition) is 7. The van der Waals surface area contributed by atoms with E-state index in [4.69, 9.17) is 9.15 Å². The van der Waals surface area contributed by atoms with Gasteiger partial charge in [0.15, 0.2) is 11.0 Å². The molecular weight excluding hydrogens is 462 g/mol. The number of nitrogens with one attached hydrogen (secondary N) is 1.